The maximum atomic E-state index is 11.7. The first-order valence-corrected chi connectivity index (χ1v) is 7.59. The summed E-state index contributed by atoms with van der Waals surface area (Å²) in [5.41, 5.74) is 6.49. The first-order chi connectivity index (χ1) is 8.54. The highest BCUT2D eigenvalue weighted by Crippen LogP contribution is 2.21. The van der Waals surface area contributed by atoms with E-state index in [0.29, 0.717) is 31.9 Å². The number of sulfonamides is 1. The van der Waals surface area contributed by atoms with Crippen molar-refractivity contribution in [1.82, 2.24) is 9.29 Å². The highest BCUT2D eigenvalue weighted by molar-refractivity contribution is 7.89. The lowest BCUT2D eigenvalue weighted by atomic mass is 10.3. The minimum Gasteiger partial charge on any atom is -0.396 e. The minimum atomic E-state index is -3.08. The van der Waals surface area contributed by atoms with Crippen molar-refractivity contribution in [3.05, 3.63) is 18.3 Å². The van der Waals surface area contributed by atoms with Crippen LogP contribution in [0.2, 0.25) is 0 Å². The number of pyridine rings is 1. The topological polar surface area (TPSA) is 79.5 Å². The van der Waals surface area contributed by atoms with Gasteiger partial charge < -0.3 is 10.6 Å². The van der Waals surface area contributed by atoms with Gasteiger partial charge in [-0.25, -0.2) is 13.4 Å². The van der Waals surface area contributed by atoms with E-state index >= 15 is 0 Å². The van der Waals surface area contributed by atoms with E-state index in [0.717, 1.165) is 5.82 Å². The predicted octanol–water partition coefficient (Wildman–Crippen LogP) is 0.136. The summed E-state index contributed by atoms with van der Waals surface area (Å²) in [4.78, 5) is 6.27. The van der Waals surface area contributed by atoms with E-state index in [4.69, 9.17) is 5.73 Å². The van der Waals surface area contributed by atoms with Gasteiger partial charge in [0.2, 0.25) is 10.0 Å². The van der Waals surface area contributed by atoms with Crippen LogP contribution >= 0.6 is 0 Å². The fourth-order valence-electron chi connectivity index (χ4n) is 2.03. The lowest BCUT2D eigenvalue weighted by Crippen LogP contribution is -2.49. The Kier molecular flexibility index (Phi) is 3.72. The second-order valence-electron chi connectivity index (χ2n) is 4.20. The number of rotatable bonds is 3. The number of piperazine rings is 1. The number of hydrogen-bond acceptors (Lipinski definition) is 5. The van der Waals surface area contributed by atoms with Crippen LogP contribution in [-0.2, 0) is 10.0 Å². The predicted molar refractivity (Wildman–Crippen MR) is 71.9 cm³/mol. The smallest absolute Gasteiger partial charge is 0.213 e. The van der Waals surface area contributed by atoms with Crippen LogP contribution < -0.4 is 10.6 Å². The third kappa shape index (κ3) is 2.56. The molecule has 7 heteroatoms. The standard InChI is InChI=1S/C11H18N4O2S/c1-2-18(16,17)15-8-6-14(7-9-15)11-10(12)4-3-5-13-11/h3-5H,2,6-9,12H2,1H3. The number of hydrogen-bond donors (Lipinski definition) is 1. The van der Waals surface area contributed by atoms with Gasteiger partial charge in [-0.05, 0) is 19.1 Å². The Labute approximate surface area is 107 Å². The minimum absolute atomic E-state index is 0.152. The maximum Gasteiger partial charge on any atom is 0.213 e. The van der Waals surface area contributed by atoms with E-state index in [9.17, 15) is 8.42 Å². The Morgan fingerprint density at radius 2 is 2.00 bits per heavy atom. The van der Waals surface area contributed by atoms with Gasteiger partial charge >= 0.3 is 0 Å². The number of anilines is 2. The lowest BCUT2D eigenvalue weighted by Gasteiger charge is -2.34. The molecule has 0 bridgehead atoms. The van der Waals surface area contributed by atoms with E-state index in [1.807, 2.05) is 4.90 Å². The molecule has 18 heavy (non-hydrogen) atoms. The van der Waals surface area contributed by atoms with Crippen LogP contribution in [0.4, 0.5) is 11.5 Å². The number of nitrogen functional groups attached to an aromatic ring is 1. The normalized spacial score (nSPS) is 17.9. The summed E-state index contributed by atoms with van der Waals surface area (Å²) in [5.74, 6) is 0.893. The molecule has 2 N–H and O–H groups in total. The summed E-state index contributed by atoms with van der Waals surface area (Å²) in [6.07, 6.45) is 1.70. The zero-order valence-electron chi connectivity index (χ0n) is 10.4. The van der Waals surface area contributed by atoms with Gasteiger partial charge in [0.1, 0.15) is 0 Å². The van der Waals surface area contributed by atoms with E-state index in [2.05, 4.69) is 4.98 Å². The zero-order valence-corrected chi connectivity index (χ0v) is 11.2. The van der Waals surface area contributed by atoms with Crippen LogP contribution in [-0.4, -0.2) is 49.6 Å². The summed E-state index contributed by atoms with van der Waals surface area (Å²) in [5, 5.41) is 0. The van der Waals surface area contributed by atoms with Crippen LogP contribution in [0.5, 0.6) is 0 Å². The average Bonchev–Trinajstić information content (AvgIpc) is 2.39. The fraction of sp³-hybridized carbons (Fsp3) is 0.545. The van der Waals surface area contributed by atoms with E-state index in [1.54, 1.807) is 25.3 Å². The van der Waals surface area contributed by atoms with Crippen molar-refractivity contribution < 1.29 is 8.42 Å². The molecule has 1 saturated heterocycles. The molecule has 0 saturated carbocycles. The molecule has 2 heterocycles. The van der Waals surface area contributed by atoms with Gasteiger partial charge in [-0.3, -0.25) is 0 Å². The van der Waals surface area contributed by atoms with E-state index in [-0.39, 0.29) is 5.75 Å². The van der Waals surface area contributed by atoms with Crippen molar-refractivity contribution in [2.45, 2.75) is 6.92 Å². The van der Waals surface area contributed by atoms with Gasteiger partial charge in [-0.1, -0.05) is 0 Å². The van der Waals surface area contributed by atoms with Crippen LogP contribution in [0.15, 0.2) is 18.3 Å². The Balaban J connectivity index is 2.06. The molecule has 0 amide bonds. The van der Waals surface area contributed by atoms with Gasteiger partial charge in [-0.15, -0.1) is 0 Å². The highest BCUT2D eigenvalue weighted by atomic mass is 32.2. The Morgan fingerprint density at radius 1 is 1.33 bits per heavy atom. The molecule has 0 atom stereocenters. The quantitative estimate of drug-likeness (QED) is 0.845. The molecule has 1 aliphatic rings. The van der Waals surface area contributed by atoms with Gasteiger partial charge in [-0.2, -0.15) is 4.31 Å². The second-order valence-corrected chi connectivity index (χ2v) is 6.46. The molecule has 0 spiro atoms. The van der Waals surface area contributed by atoms with Crippen molar-refractivity contribution in [3.63, 3.8) is 0 Å². The molecule has 0 aliphatic carbocycles. The fourth-order valence-corrected chi connectivity index (χ4v) is 3.12. The van der Waals surface area contributed by atoms with Crippen molar-refractivity contribution in [2.75, 3.05) is 42.6 Å². The van der Waals surface area contributed by atoms with Crippen LogP contribution in [0.25, 0.3) is 0 Å². The van der Waals surface area contributed by atoms with Crippen molar-refractivity contribution >= 4 is 21.5 Å². The summed E-state index contributed by atoms with van der Waals surface area (Å²) in [6, 6.07) is 3.59. The summed E-state index contributed by atoms with van der Waals surface area (Å²) in [6.45, 7) is 3.90. The Bertz CT molecular complexity index is 510. The van der Waals surface area contributed by atoms with E-state index < -0.39 is 10.0 Å². The molecule has 0 unspecified atom stereocenters. The van der Waals surface area contributed by atoms with Crippen molar-refractivity contribution in [2.24, 2.45) is 0 Å². The molecule has 6 nitrogen and oxygen atoms in total. The summed E-state index contributed by atoms with van der Waals surface area (Å²) in [7, 11) is -3.08. The SMILES string of the molecule is CCS(=O)(=O)N1CCN(c2ncccc2N)CC1. The molecule has 0 radical (unpaired) electrons. The molecule has 1 fully saturated rings. The first-order valence-electron chi connectivity index (χ1n) is 5.98. The molecule has 1 aromatic heterocycles. The largest absolute Gasteiger partial charge is 0.396 e. The Hall–Kier alpha value is -1.34. The third-order valence-corrected chi connectivity index (χ3v) is 4.99. The number of nitrogens with two attached hydrogens (primary N) is 1. The van der Waals surface area contributed by atoms with Gasteiger partial charge in [0, 0.05) is 32.4 Å². The monoisotopic (exact) mass is 270 g/mol. The highest BCUT2D eigenvalue weighted by Gasteiger charge is 2.26. The first kappa shape index (κ1) is 13.1. The Morgan fingerprint density at radius 3 is 2.56 bits per heavy atom. The summed E-state index contributed by atoms with van der Waals surface area (Å²) >= 11 is 0. The van der Waals surface area contributed by atoms with Gasteiger partial charge in [0.15, 0.2) is 5.82 Å². The summed E-state index contributed by atoms with van der Waals surface area (Å²) < 4.78 is 25.0. The van der Waals surface area contributed by atoms with Crippen molar-refractivity contribution in [1.29, 1.82) is 0 Å². The molecular formula is C11H18N4O2S. The number of aromatic nitrogens is 1. The molecule has 2 rings (SSSR count). The van der Waals surface area contributed by atoms with Crippen LogP contribution in [0.1, 0.15) is 6.92 Å². The van der Waals surface area contributed by atoms with Gasteiger partial charge in [0.05, 0.1) is 11.4 Å². The van der Waals surface area contributed by atoms with Crippen molar-refractivity contribution in [3.8, 4) is 0 Å². The van der Waals surface area contributed by atoms with E-state index in [1.165, 1.54) is 4.31 Å². The lowest BCUT2D eigenvalue weighted by molar-refractivity contribution is 0.384. The van der Waals surface area contributed by atoms with Gasteiger partial charge in [0.25, 0.3) is 0 Å². The molecular weight excluding hydrogens is 252 g/mol. The average molecular weight is 270 g/mol. The third-order valence-electron chi connectivity index (χ3n) is 3.11. The maximum absolute atomic E-state index is 11.7. The zero-order chi connectivity index (χ0) is 13.2. The molecule has 1 aliphatic heterocycles. The second kappa shape index (κ2) is 5.11. The van der Waals surface area contributed by atoms with Crippen LogP contribution in [0, 0.1) is 0 Å². The number of nitrogens with zero attached hydrogens (tertiary/aromatic N) is 3. The van der Waals surface area contributed by atoms with Crippen LogP contribution in [0.3, 0.4) is 0 Å². The molecule has 1 aromatic rings. The molecule has 100 valence electrons. The molecule has 0 aromatic carbocycles.